The van der Waals surface area contributed by atoms with Crippen molar-refractivity contribution in [3.63, 3.8) is 0 Å². The van der Waals surface area contributed by atoms with Crippen LogP contribution in [0.4, 0.5) is 0 Å². The van der Waals surface area contributed by atoms with Crippen LogP contribution in [0.25, 0.3) is 0 Å². The lowest BCUT2D eigenvalue weighted by atomic mass is 10.00. The van der Waals surface area contributed by atoms with E-state index in [2.05, 4.69) is 30.0 Å². The molecule has 0 amide bonds. The average Bonchev–Trinajstić information content (AvgIpc) is 2.45. The van der Waals surface area contributed by atoms with Gasteiger partial charge < -0.3 is 4.74 Å². The molecule has 0 bridgehead atoms. The van der Waals surface area contributed by atoms with E-state index < -0.39 is 0 Å². The van der Waals surface area contributed by atoms with E-state index in [-0.39, 0.29) is 6.10 Å². The van der Waals surface area contributed by atoms with Crippen molar-refractivity contribution >= 4 is 0 Å². The van der Waals surface area contributed by atoms with Crippen LogP contribution in [0, 0.1) is 11.8 Å². The molecule has 0 N–H and O–H groups in total. The van der Waals surface area contributed by atoms with Crippen molar-refractivity contribution in [2.24, 2.45) is 0 Å². The summed E-state index contributed by atoms with van der Waals surface area (Å²) in [6, 6.07) is 10.2. The first kappa shape index (κ1) is 12.9. The van der Waals surface area contributed by atoms with E-state index in [1.807, 2.05) is 25.1 Å². The summed E-state index contributed by atoms with van der Waals surface area (Å²) >= 11 is 0. The molecule has 1 nitrogen and oxygen atoms in total. The minimum absolute atomic E-state index is 0.00645. The summed E-state index contributed by atoms with van der Waals surface area (Å²) in [6.45, 7) is 2.65. The van der Waals surface area contributed by atoms with E-state index in [0.717, 1.165) is 6.42 Å². The lowest BCUT2D eigenvalue weighted by Crippen LogP contribution is -2.05. The Morgan fingerprint density at radius 2 is 2.06 bits per heavy atom. The minimum Gasteiger partial charge on any atom is -0.361 e. The molecule has 1 aromatic rings. The zero-order valence-electron chi connectivity index (χ0n) is 11.0. The third-order valence-corrected chi connectivity index (χ3v) is 3.07. The quantitative estimate of drug-likeness (QED) is 0.723. The second-order valence-electron chi connectivity index (χ2n) is 4.68. The maximum atomic E-state index is 5.72. The Hall–Kier alpha value is -1.52. The van der Waals surface area contributed by atoms with Crippen molar-refractivity contribution < 1.29 is 4.74 Å². The monoisotopic (exact) mass is 240 g/mol. The third-order valence-electron chi connectivity index (χ3n) is 3.07. The minimum atomic E-state index is -0.00645. The van der Waals surface area contributed by atoms with Gasteiger partial charge in [-0.25, -0.2) is 0 Å². The van der Waals surface area contributed by atoms with E-state index in [1.165, 1.54) is 30.4 Å². The van der Waals surface area contributed by atoms with Gasteiger partial charge in [0.2, 0.25) is 0 Å². The van der Waals surface area contributed by atoms with Crippen molar-refractivity contribution in [2.75, 3.05) is 0 Å². The fraction of sp³-hybridized carbons (Fsp3) is 0.412. The SMILES string of the molecule is CC(C#CC1=CCCCC1)OCc1ccccc1. The first-order valence-corrected chi connectivity index (χ1v) is 6.71. The van der Waals surface area contributed by atoms with Gasteiger partial charge in [-0.1, -0.05) is 48.2 Å². The van der Waals surface area contributed by atoms with Crippen molar-refractivity contribution in [2.45, 2.75) is 45.3 Å². The van der Waals surface area contributed by atoms with Crippen molar-refractivity contribution in [1.29, 1.82) is 0 Å². The molecule has 0 heterocycles. The van der Waals surface area contributed by atoms with Crippen LogP contribution in [-0.2, 0) is 11.3 Å². The van der Waals surface area contributed by atoms with E-state index in [9.17, 15) is 0 Å². The van der Waals surface area contributed by atoms with Gasteiger partial charge in [-0.05, 0) is 43.7 Å². The first-order valence-electron chi connectivity index (χ1n) is 6.71. The van der Waals surface area contributed by atoms with Gasteiger partial charge in [0.1, 0.15) is 6.10 Å². The number of hydrogen-bond acceptors (Lipinski definition) is 1. The van der Waals surface area contributed by atoms with Gasteiger partial charge in [-0.2, -0.15) is 0 Å². The number of hydrogen-bond donors (Lipinski definition) is 0. The summed E-state index contributed by atoms with van der Waals surface area (Å²) in [5.41, 5.74) is 2.49. The second-order valence-corrected chi connectivity index (χ2v) is 4.68. The molecule has 1 aliphatic rings. The smallest absolute Gasteiger partial charge is 0.116 e. The molecule has 1 heteroatoms. The molecule has 1 aromatic carbocycles. The summed E-state index contributed by atoms with van der Waals surface area (Å²) in [5.74, 6) is 6.43. The fourth-order valence-corrected chi connectivity index (χ4v) is 1.98. The lowest BCUT2D eigenvalue weighted by molar-refractivity contribution is 0.0900. The maximum Gasteiger partial charge on any atom is 0.116 e. The molecule has 2 rings (SSSR count). The van der Waals surface area contributed by atoms with Gasteiger partial charge in [-0.15, -0.1) is 0 Å². The highest BCUT2D eigenvalue weighted by Gasteiger charge is 2.01. The topological polar surface area (TPSA) is 9.23 Å². The van der Waals surface area contributed by atoms with Crippen LogP contribution >= 0.6 is 0 Å². The highest BCUT2D eigenvalue weighted by atomic mass is 16.5. The zero-order chi connectivity index (χ0) is 12.6. The largest absolute Gasteiger partial charge is 0.361 e. The molecular weight excluding hydrogens is 220 g/mol. The molecule has 0 fully saturated rings. The molecule has 0 aliphatic heterocycles. The molecule has 1 aliphatic carbocycles. The summed E-state index contributed by atoms with van der Waals surface area (Å²) in [5, 5.41) is 0. The van der Waals surface area contributed by atoms with Crippen LogP contribution in [0.2, 0.25) is 0 Å². The van der Waals surface area contributed by atoms with Gasteiger partial charge >= 0.3 is 0 Å². The van der Waals surface area contributed by atoms with Gasteiger partial charge in [0.15, 0.2) is 0 Å². The Morgan fingerprint density at radius 3 is 2.78 bits per heavy atom. The average molecular weight is 240 g/mol. The number of rotatable bonds is 3. The summed E-state index contributed by atoms with van der Waals surface area (Å²) in [4.78, 5) is 0. The Balaban J connectivity index is 1.80. The van der Waals surface area contributed by atoms with Gasteiger partial charge in [0, 0.05) is 0 Å². The standard InChI is InChI=1S/C17H20O/c1-15(12-13-16-8-4-2-5-9-16)18-14-17-10-6-3-7-11-17/h3,6-8,10-11,15H,2,4-5,9,14H2,1H3. The molecule has 0 aromatic heterocycles. The van der Waals surface area contributed by atoms with Crippen molar-refractivity contribution in [3.8, 4) is 11.8 Å². The predicted molar refractivity (Wildman–Crippen MR) is 75.0 cm³/mol. The third kappa shape index (κ3) is 4.39. The van der Waals surface area contributed by atoms with E-state index in [0.29, 0.717) is 6.61 Å². The lowest BCUT2D eigenvalue weighted by Gasteiger charge is -2.08. The van der Waals surface area contributed by atoms with Crippen LogP contribution in [0.1, 0.15) is 38.2 Å². The highest BCUT2D eigenvalue weighted by Crippen LogP contribution is 2.16. The molecule has 0 saturated heterocycles. The second kappa shape index (κ2) is 7.03. The van der Waals surface area contributed by atoms with Crippen molar-refractivity contribution in [1.82, 2.24) is 0 Å². The van der Waals surface area contributed by atoms with E-state index in [4.69, 9.17) is 4.74 Å². The van der Waals surface area contributed by atoms with Gasteiger partial charge in [0.05, 0.1) is 6.61 Å². The summed E-state index contributed by atoms with van der Waals surface area (Å²) < 4.78 is 5.72. The summed E-state index contributed by atoms with van der Waals surface area (Å²) in [6.07, 6.45) is 7.17. The Kier molecular flexibility index (Phi) is 5.05. The molecule has 18 heavy (non-hydrogen) atoms. The molecular formula is C17H20O. The molecule has 94 valence electrons. The van der Waals surface area contributed by atoms with Gasteiger partial charge in [0.25, 0.3) is 0 Å². The Labute approximate surface area is 110 Å². The zero-order valence-corrected chi connectivity index (χ0v) is 11.0. The van der Waals surface area contributed by atoms with E-state index in [1.54, 1.807) is 0 Å². The Bertz CT molecular complexity index is 447. The highest BCUT2D eigenvalue weighted by molar-refractivity contribution is 5.30. The van der Waals surface area contributed by atoms with Crippen molar-refractivity contribution in [3.05, 3.63) is 47.5 Å². The molecule has 0 saturated carbocycles. The number of allylic oxidation sites excluding steroid dienone is 2. The molecule has 0 spiro atoms. The number of benzene rings is 1. The van der Waals surface area contributed by atoms with E-state index >= 15 is 0 Å². The van der Waals surface area contributed by atoms with Gasteiger partial charge in [-0.3, -0.25) is 0 Å². The van der Waals surface area contributed by atoms with Crippen LogP contribution in [0.15, 0.2) is 42.0 Å². The van der Waals surface area contributed by atoms with Crippen LogP contribution in [-0.4, -0.2) is 6.10 Å². The predicted octanol–water partition coefficient (Wildman–Crippen LogP) is 4.10. The molecule has 1 atom stereocenters. The van der Waals surface area contributed by atoms with Crippen LogP contribution < -0.4 is 0 Å². The van der Waals surface area contributed by atoms with Crippen LogP contribution in [0.3, 0.4) is 0 Å². The van der Waals surface area contributed by atoms with Crippen LogP contribution in [0.5, 0.6) is 0 Å². The first-order chi connectivity index (χ1) is 8.84. The normalized spacial score (nSPS) is 16.4. The molecule has 0 radical (unpaired) electrons. The summed E-state index contributed by atoms with van der Waals surface area (Å²) in [7, 11) is 0. The number of ether oxygens (including phenoxy) is 1. The maximum absolute atomic E-state index is 5.72. The Morgan fingerprint density at radius 1 is 1.22 bits per heavy atom. The molecule has 1 unspecified atom stereocenters. The fourth-order valence-electron chi connectivity index (χ4n) is 1.98.